The van der Waals surface area contributed by atoms with Gasteiger partial charge in [-0.05, 0) is 53.1 Å². The summed E-state index contributed by atoms with van der Waals surface area (Å²) in [5.41, 5.74) is 2.09. The number of pyridine rings is 1. The van der Waals surface area contributed by atoms with Crippen LogP contribution in [-0.2, 0) is 0 Å². The summed E-state index contributed by atoms with van der Waals surface area (Å²) in [6.07, 6.45) is 1.60. The van der Waals surface area contributed by atoms with Crippen molar-refractivity contribution in [2.75, 3.05) is 5.32 Å². The molecule has 2 N–H and O–H groups in total. The zero-order chi connectivity index (χ0) is 15.4. The van der Waals surface area contributed by atoms with Crippen molar-refractivity contribution < 1.29 is 0 Å². The van der Waals surface area contributed by atoms with E-state index in [4.69, 9.17) is 23.8 Å². The van der Waals surface area contributed by atoms with Crippen molar-refractivity contribution in [3.63, 3.8) is 0 Å². The first-order valence-corrected chi connectivity index (χ1v) is 8.00. The van der Waals surface area contributed by atoms with Crippen LogP contribution in [0.4, 0.5) is 5.82 Å². The number of halogens is 2. The lowest BCUT2D eigenvalue weighted by molar-refractivity contribution is 0.722. The van der Waals surface area contributed by atoms with Crippen molar-refractivity contribution in [1.82, 2.24) is 10.3 Å². The van der Waals surface area contributed by atoms with Crippen LogP contribution in [0.15, 0.2) is 41.0 Å². The van der Waals surface area contributed by atoms with Gasteiger partial charge in [0.15, 0.2) is 5.11 Å². The Balaban J connectivity index is 2.04. The minimum absolute atomic E-state index is 0.110. The molecule has 0 saturated carbocycles. The standard InChI is InChI=1S/C15H15BrClN3S/c1-9-12(17)8-18-14(13(9)16)20-15(21)19-10(2)11-6-4-3-5-7-11/h3-8,10H,1-2H3,(H2,18,19,20,21)/t10-/m0/s1. The first-order valence-electron chi connectivity index (χ1n) is 6.42. The molecule has 1 atom stereocenters. The lowest BCUT2D eigenvalue weighted by Crippen LogP contribution is -2.31. The fourth-order valence-corrected chi connectivity index (χ4v) is 2.76. The van der Waals surface area contributed by atoms with E-state index in [0.29, 0.717) is 16.0 Å². The highest BCUT2D eigenvalue weighted by atomic mass is 79.9. The number of thiocarbonyl (C=S) groups is 1. The summed E-state index contributed by atoms with van der Waals surface area (Å²) in [4.78, 5) is 4.24. The maximum absolute atomic E-state index is 6.02. The van der Waals surface area contributed by atoms with Crippen LogP contribution in [-0.4, -0.2) is 10.1 Å². The zero-order valence-corrected chi connectivity index (χ0v) is 14.8. The third-order valence-corrected chi connectivity index (χ3v) is 4.65. The van der Waals surface area contributed by atoms with Gasteiger partial charge in [0.25, 0.3) is 0 Å². The van der Waals surface area contributed by atoms with E-state index in [-0.39, 0.29) is 6.04 Å². The van der Waals surface area contributed by atoms with Gasteiger partial charge in [-0.3, -0.25) is 0 Å². The molecule has 0 aliphatic heterocycles. The molecule has 2 aromatic rings. The number of hydrogen-bond donors (Lipinski definition) is 2. The molecule has 0 amide bonds. The summed E-state index contributed by atoms with van der Waals surface area (Å²) in [7, 11) is 0. The fraction of sp³-hybridized carbons (Fsp3) is 0.200. The molecule has 110 valence electrons. The molecule has 0 aliphatic carbocycles. The van der Waals surface area contributed by atoms with Crippen molar-refractivity contribution in [2.24, 2.45) is 0 Å². The molecule has 2 rings (SSSR count). The normalized spacial score (nSPS) is 11.8. The van der Waals surface area contributed by atoms with Crippen LogP contribution < -0.4 is 10.6 Å². The summed E-state index contributed by atoms with van der Waals surface area (Å²) in [6.45, 7) is 3.97. The van der Waals surface area contributed by atoms with Crippen LogP contribution >= 0.6 is 39.7 Å². The van der Waals surface area contributed by atoms with E-state index in [1.54, 1.807) is 6.20 Å². The minimum Gasteiger partial charge on any atom is -0.356 e. The zero-order valence-electron chi connectivity index (χ0n) is 11.7. The van der Waals surface area contributed by atoms with Crippen LogP contribution in [0, 0.1) is 6.92 Å². The Morgan fingerprint density at radius 3 is 2.67 bits per heavy atom. The topological polar surface area (TPSA) is 37.0 Å². The van der Waals surface area contributed by atoms with Gasteiger partial charge in [0, 0.05) is 6.20 Å². The molecule has 6 heteroatoms. The number of hydrogen-bond acceptors (Lipinski definition) is 2. The van der Waals surface area contributed by atoms with Gasteiger partial charge in [-0.2, -0.15) is 0 Å². The van der Waals surface area contributed by atoms with Crippen LogP contribution in [0.5, 0.6) is 0 Å². The fourth-order valence-electron chi connectivity index (χ4n) is 1.81. The molecule has 21 heavy (non-hydrogen) atoms. The summed E-state index contributed by atoms with van der Waals surface area (Å²) < 4.78 is 0.812. The molecule has 0 radical (unpaired) electrons. The van der Waals surface area contributed by atoms with Gasteiger partial charge in [-0.25, -0.2) is 4.98 Å². The van der Waals surface area contributed by atoms with Gasteiger partial charge in [0.1, 0.15) is 5.82 Å². The van der Waals surface area contributed by atoms with Gasteiger partial charge in [-0.1, -0.05) is 41.9 Å². The van der Waals surface area contributed by atoms with E-state index in [0.717, 1.165) is 10.0 Å². The molecule has 0 aliphatic rings. The molecular weight excluding hydrogens is 370 g/mol. The number of benzene rings is 1. The lowest BCUT2D eigenvalue weighted by atomic mass is 10.1. The monoisotopic (exact) mass is 383 g/mol. The molecule has 1 aromatic carbocycles. The second-order valence-electron chi connectivity index (χ2n) is 4.62. The van der Waals surface area contributed by atoms with E-state index in [1.165, 1.54) is 5.56 Å². The predicted octanol–water partition coefficient (Wildman–Crippen LogP) is 4.85. The summed E-state index contributed by atoms with van der Waals surface area (Å²) in [5, 5.41) is 7.44. The number of nitrogens with one attached hydrogen (secondary N) is 2. The highest BCUT2D eigenvalue weighted by Gasteiger charge is 2.11. The first-order chi connectivity index (χ1) is 9.99. The first kappa shape index (κ1) is 16.2. The Bertz CT molecular complexity index is 649. The summed E-state index contributed by atoms with van der Waals surface area (Å²) >= 11 is 14.8. The van der Waals surface area contributed by atoms with Crippen molar-refractivity contribution in [3.05, 3.63) is 57.2 Å². The molecule has 0 fully saturated rings. The lowest BCUT2D eigenvalue weighted by Gasteiger charge is -2.18. The Morgan fingerprint density at radius 2 is 2.00 bits per heavy atom. The highest BCUT2D eigenvalue weighted by molar-refractivity contribution is 9.10. The minimum atomic E-state index is 0.110. The van der Waals surface area contributed by atoms with Gasteiger partial charge in [0.05, 0.1) is 15.5 Å². The molecule has 0 spiro atoms. The highest BCUT2D eigenvalue weighted by Crippen LogP contribution is 2.29. The molecule has 0 saturated heterocycles. The van der Waals surface area contributed by atoms with E-state index in [2.05, 4.69) is 50.6 Å². The van der Waals surface area contributed by atoms with Gasteiger partial charge in [-0.15, -0.1) is 0 Å². The Hall–Kier alpha value is -1.17. The average molecular weight is 385 g/mol. The molecular formula is C15H15BrClN3S. The van der Waals surface area contributed by atoms with Crippen molar-refractivity contribution in [1.29, 1.82) is 0 Å². The number of aromatic nitrogens is 1. The Morgan fingerprint density at radius 1 is 1.33 bits per heavy atom. The van der Waals surface area contributed by atoms with E-state index in [1.807, 2.05) is 25.1 Å². The van der Waals surface area contributed by atoms with Gasteiger partial charge >= 0.3 is 0 Å². The molecule has 0 unspecified atom stereocenters. The van der Waals surface area contributed by atoms with Crippen molar-refractivity contribution >= 4 is 50.7 Å². The quantitative estimate of drug-likeness (QED) is 0.742. The maximum atomic E-state index is 6.02. The predicted molar refractivity (Wildman–Crippen MR) is 95.9 cm³/mol. The number of rotatable bonds is 3. The SMILES string of the molecule is Cc1c(Cl)cnc(NC(=S)N[C@@H](C)c2ccccc2)c1Br. The van der Waals surface area contributed by atoms with Crippen LogP contribution in [0.25, 0.3) is 0 Å². The van der Waals surface area contributed by atoms with E-state index < -0.39 is 0 Å². The number of nitrogens with zero attached hydrogens (tertiary/aromatic N) is 1. The smallest absolute Gasteiger partial charge is 0.172 e. The Kier molecular flexibility index (Phi) is 5.56. The van der Waals surface area contributed by atoms with Gasteiger partial charge in [0.2, 0.25) is 0 Å². The molecule has 0 bridgehead atoms. The third-order valence-electron chi connectivity index (χ3n) is 3.08. The maximum Gasteiger partial charge on any atom is 0.172 e. The summed E-state index contributed by atoms with van der Waals surface area (Å²) in [5.74, 6) is 0.648. The van der Waals surface area contributed by atoms with E-state index in [9.17, 15) is 0 Å². The largest absolute Gasteiger partial charge is 0.356 e. The van der Waals surface area contributed by atoms with Crippen LogP contribution in [0.2, 0.25) is 5.02 Å². The second-order valence-corrected chi connectivity index (χ2v) is 6.23. The van der Waals surface area contributed by atoms with E-state index >= 15 is 0 Å². The van der Waals surface area contributed by atoms with Gasteiger partial charge < -0.3 is 10.6 Å². The second kappa shape index (κ2) is 7.20. The average Bonchev–Trinajstić information content (AvgIpc) is 2.49. The van der Waals surface area contributed by atoms with Crippen LogP contribution in [0.3, 0.4) is 0 Å². The Labute approximate surface area is 143 Å². The third kappa shape index (κ3) is 4.15. The summed E-state index contributed by atoms with van der Waals surface area (Å²) in [6, 6.07) is 10.2. The molecule has 1 heterocycles. The van der Waals surface area contributed by atoms with Crippen molar-refractivity contribution in [3.8, 4) is 0 Å². The number of anilines is 1. The van der Waals surface area contributed by atoms with Crippen LogP contribution in [0.1, 0.15) is 24.1 Å². The molecule has 1 aromatic heterocycles. The molecule has 3 nitrogen and oxygen atoms in total. The van der Waals surface area contributed by atoms with Crippen molar-refractivity contribution in [2.45, 2.75) is 19.9 Å².